The van der Waals surface area contributed by atoms with Crippen LogP contribution in [0.4, 0.5) is 0 Å². The zero-order valence-corrected chi connectivity index (χ0v) is 18.0. The van der Waals surface area contributed by atoms with E-state index in [-0.39, 0.29) is 11.9 Å². The maximum Gasteiger partial charge on any atom is 0.230 e. The Morgan fingerprint density at radius 3 is 2.34 bits per heavy atom. The molecule has 29 heavy (non-hydrogen) atoms. The van der Waals surface area contributed by atoms with Gasteiger partial charge < -0.3 is 9.88 Å². The van der Waals surface area contributed by atoms with E-state index in [1.54, 1.807) is 0 Å². The van der Waals surface area contributed by atoms with Crippen LogP contribution in [0.5, 0.6) is 0 Å². The first-order chi connectivity index (χ1) is 14.0. The molecule has 1 atom stereocenters. The van der Waals surface area contributed by atoms with E-state index in [9.17, 15) is 4.79 Å². The van der Waals surface area contributed by atoms with Crippen molar-refractivity contribution in [3.63, 3.8) is 0 Å². The Balaban J connectivity index is 1.63. The number of nitrogens with one attached hydrogen (secondary N) is 1. The number of nitrogens with zero attached hydrogens (tertiary/aromatic N) is 3. The van der Waals surface area contributed by atoms with Gasteiger partial charge in [0.15, 0.2) is 5.16 Å². The third kappa shape index (κ3) is 6.19. The van der Waals surface area contributed by atoms with Crippen molar-refractivity contribution in [2.75, 3.05) is 5.75 Å². The SMILES string of the molecule is Cc1nnc(SCC(=O)NC(CC(C)C)c2ccccc2)n1Cc1ccccc1. The van der Waals surface area contributed by atoms with Crippen LogP contribution in [-0.2, 0) is 11.3 Å². The summed E-state index contributed by atoms with van der Waals surface area (Å²) in [5, 5.41) is 12.4. The van der Waals surface area contributed by atoms with Gasteiger partial charge in [-0.1, -0.05) is 86.3 Å². The van der Waals surface area contributed by atoms with Crippen LogP contribution in [0.3, 0.4) is 0 Å². The topological polar surface area (TPSA) is 59.8 Å². The minimum absolute atomic E-state index is 0.0106. The fraction of sp³-hybridized carbons (Fsp3) is 0.348. The fourth-order valence-electron chi connectivity index (χ4n) is 3.22. The van der Waals surface area contributed by atoms with Crippen LogP contribution >= 0.6 is 11.8 Å². The van der Waals surface area contributed by atoms with E-state index < -0.39 is 0 Å². The predicted molar refractivity (Wildman–Crippen MR) is 118 cm³/mol. The number of thioether (sulfide) groups is 1. The highest BCUT2D eigenvalue weighted by molar-refractivity contribution is 7.99. The number of hydrogen-bond donors (Lipinski definition) is 1. The molecule has 0 aliphatic carbocycles. The van der Waals surface area contributed by atoms with Gasteiger partial charge in [-0.2, -0.15) is 0 Å². The number of rotatable bonds is 9. The third-order valence-electron chi connectivity index (χ3n) is 4.66. The number of hydrogen-bond acceptors (Lipinski definition) is 4. The molecule has 3 aromatic rings. The van der Waals surface area contributed by atoms with E-state index in [0.717, 1.165) is 23.0 Å². The van der Waals surface area contributed by atoms with E-state index in [1.807, 2.05) is 43.3 Å². The second-order valence-corrected chi connectivity index (χ2v) is 8.49. The fourth-order valence-corrected chi connectivity index (χ4v) is 4.01. The number of aromatic nitrogens is 3. The van der Waals surface area contributed by atoms with Gasteiger partial charge in [-0.05, 0) is 30.4 Å². The normalized spacial score (nSPS) is 12.1. The molecule has 1 amide bonds. The number of aryl methyl sites for hydroxylation is 1. The van der Waals surface area contributed by atoms with Crippen molar-refractivity contribution in [1.82, 2.24) is 20.1 Å². The minimum Gasteiger partial charge on any atom is -0.349 e. The Morgan fingerprint density at radius 2 is 1.69 bits per heavy atom. The number of amides is 1. The van der Waals surface area contributed by atoms with Crippen LogP contribution in [0.25, 0.3) is 0 Å². The molecule has 0 aliphatic heterocycles. The molecule has 0 saturated carbocycles. The Hall–Kier alpha value is -2.60. The lowest BCUT2D eigenvalue weighted by atomic mass is 9.97. The Bertz CT molecular complexity index is 909. The van der Waals surface area contributed by atoms with Crippen LogP contribution in [-0.4, -0.2) is 26.4 Å². The van der Waals surface area contributed by atoms with E-state index in [2.05, 4.69) is 58.2 Å². The average molecular weight is 409 g/mol. The molecule has 0 aliphatic rings. The first-order valence-electron chi connectivity index (χ1n) is 9.93. The van der Waals surface area contributed by atoms with Crippen LogP contribution in [0.2, 0.25) is 0 Å². The third-order valence-corrected chi connectivity index (χ3v) is 5.63. The van der Waals surface area contributed by atoms with E-state index in [4.69, 9.17) is 0 Å². The summed E-state index contributed by atoms with van der Waals surface area (Å²) in [7, 11) is 0. The van der Waals surface area contributed by atoms with Gasteiger partial charge in [0.05, 0.1) is 18.3 Å². The van der Waals surface area contributed by atoms with Crippen LogP contribution < -0.4 is 5.32 Å². The molecular formula is C23H28N4OS. The summed E-state index contributed by atoms with van der Waals surface area (Å²) in [5.74, 6) is 1.66. The van der Waals surface area contributed by atoms with Crippen molar-refractivity contribution in [1.29, 1.82) is 0 Å². The number of benzene rings is 2. The van der Waals surface area contributed by atoms with Gasteiger partial charge in [-0.15, -0.1) is 10.2 Å². The van der Waals surface area contributed by atoms with Gasteiger partial charge >= 0.3 is 0 Å². The van der Waals surface area contributed by atoms with E-state index in [0.29, 0.717) is 18.2 Å². The summed E-state index contributed by atoms with van der Waals surface area (Å²) < 4.78 is 2.05. The monoisotopic (exact) mass is 408 g/mol. The van der Waals surface area contributed by atoms with Gasteiger partial charge in [0.2, 0.25) is 5.91 Å². The molecule has 0 spiro atoms. The Kier molecular flexibility index (Phi) is 7.47. The van der Waals surface area contributed by atoms with Gasteiger partial charge in [-0.3, -0.25) is 4.79 Å². The molecule has 0 bridgehead atoms. The summed E-state index contributed by atoms with van der Waals surface area (Å²) in [6.45, 7) is 6.98. The molecule has 6 heteroatoms. The van der Waals surface area contributed by atoms with Crippen molar-refractivity contribution in [3.8, 4) is 0 Å². The van der Waals surface area contributed by atoms with Crippen molar-refractivity contribution in [2.45, 2.75) is 44.9 Å². The zero-order chi connectivity index (χ0) is 20.6. The highest BCUT2D eigenvalue weighted by Crippen LogP contribution is 2.22. The van der Waals surface area contributed by atoms with Gasteiger partial charge in [0.25, 0.3) is 0 Å². The molecule has 0 saturated heterocycles. The molecule has 5 nitrogen and oxygen atoms in total. The van der Waals surface area contributed by atoms with Crippen molar-refractivity contribution >= 4 is 17.7 Å². The van der Waals surface area contributed by atoms with Gasteiger partial charge in [0.1, 0.15) is 5.82 Å². The van der Waals surface area contributed by atoms with E-state index in [1.165, 1.54) is 17.3 Å². The maximum absolute atomic E-state index is 12.7. The predicted octanol–water partition coefficient (Wildman–Crippen LogP) is 4.63. The Morgan fingerprint density at radius 1 is 1.03 bits per heavy atom. The lowest BCUT2D eigenvalue weighted by Crippen LogP contribution is -2.31. The largest absolute Gasteiger partial charge is 0.349 e. The lowest BCUT2D eigenvalue weighted by molar-refractivity contribution is -0.119. The molecule has 152 valence electrons. The minimum atomic E-state index is 0.0106. The summed E-state index contributed by atoms with van der Waals surface area (Å²) in [6.07, 6.45) is 0.906. The average Bonchev–Trinajstić information content (AvgIpc) is 3.06. The molecule has 1 heterocycles. The quantitative estimate of drug-likeness (QED) is 0.525. The second kappa shape index (κ2) is 10.3. The van der Waals surface area contributed by atoms with Crippen LogP contribution in [0.1, 0.15) is 43.3 Å². The molecule has 1 N–H and O–H groups in total. The summed E-state index contributed by atoms with van der Waals surface area (Å²) >= 11 is 1.43. The van der Waals surface area contributed by atoms with Crippen molar-refractivity contribution in [2.24, 2.45) is 5.92 Å². The number of carbonyl (C=O) groups is 1. The standard InChI is InChI=1S/C23H28N4OS/c1-17(2)14-21(20-12-8-5-9-13-20)24-22(28)16-29-23-26-25-18(3)27(23)15-19-10-6-4-7-11-19/h4-13,17,21H,14-16H2,1-3H3,(H,24,28). The van der Waals surface area contributed by atoms with Crippen molar-refractivity contribution < 1.29 is 4.79 Å². The van der Waals surface area contributed by atoms with Gasteiger partial charge in [-0.25, -0.2) is 0 Å². The first-order valence-corrected chi connectivity index (χ1v) is 10.9. The molecule has 1 aromatic heterocycles. The maximum atomic E-state index is 12.7. The second-order valence-electron chi connectivity index (χ2n) is 7.55. The summed E-state index contributed by atoms with van der Waals surface area (Å²) in [5.41, 5.74) is 2.32. The van der Waals surface area contributed by atoms with Crippen LogP contribution in [0, 0.1) is 12.8 Å². The number of carbonyl (C=O) groups excluding carboxylic acids is 1. The highest BCUT2D eigenvalue weighted by Gasteiger charge is 2.17. The first kappa shape index (κ1) is 21.1. The lowest BCUT2D eigenvalue weighted by Gasteiger charge is -2.21. The smallest absolute Gasteiger partial charge is 0.230 e. The van der Waals surface area contributed by atoms with E-state index >= 15 is 0 Å². The molecule has 1 unspecified atom stereocenters. The molecular weight excluding hydrogens is 380 g/mol. The summed E-state index contributed by atoms with van der Waals surface area (Å²) in [4.78, 5) is 12.7. The molecule has 2 aromatic carbocycles. The highest BCUT2D eigenvalue weighted by atomic mass is 32.2. The van der Waals surface area contributed by atoms with Crippen molar-refractivity contribution in [3.05, 3.63) is 77.6 Å². The van der Waals surface area contributed by atoms with Crippen LogP contribution in [0.15, 0.2) is 65.8 Å². The molecule has 3 rings (SSSR count). The van der Waals surface area contributed by atoms with Gasteiger partial charge in [0, 0.05) is 0 Å². The summed E-state index contributed by atoms with van der Waals surface area (Å²) in [6, 6.07) is 20.4. The molecule has 0 radical (unpaired) electrons. The molecule has 0 fully saturated rings. The Labute approximate surface area is 176 Å². The zero-order valence-electron chi connectivity index (χ0n) is 17.2.